The number of carboxylic acid groups (broad SMARTS) is 1. The Kier molecular flexibility index (Phi) is 4.70. The van der Waals surface area contributed by atoms with E-state index >= 15 is 0 Å². The van der Waals surface area contributed by atoms with Gasteiger partial charge in [0, 0.05) is 18.0 Å². The minimum absolute atomic E-state index is 0.0221. The largest absolute Gasteiger partial charge is 0.481 e. The Bertz CT molecular complexity index is 518. The summed E-state index contributed by atoms with van der Waals surface area (Å²) in [5.41, 5.74) is 1.16. The fourth-order valence-corrected chi connectivity index (χ4v) is 3.37. The number of likely N-dealkylation sites (tertiary alicyclic amines) is 1. The Hall–Kier alpha value is -1.49. The Balaban J connectivity index is 1.90. The summed E-state index contributed by atoms with van der Waals surface area (Å²) < 4.78 is 0. The topological polar surface area (TPSA) is 57.6 Å². The zero-order valence-corrected chi connectivity index (χ0v) is 12.5. The molecular weight excluding hydrogens is 274 g/mol. The van der Waals surface area contributed by atoms with E-state index in [9.17, 15) is 9.59 Å². The maximum Gasteiger partial charge on any atom is 0.308 e. The fourth-order valence-electron chi connectivity index (χ4n) is 2.44. The van der Waals surface area contributed by atoms with Gasteiger partial charge in [0.15, 0.2) is 0 Å². The first-order chi connectivity index (χ1) is 9.49. The van der Waals surface area contributed by atoms with E-state index in [2.05, 4.69) is 0 Å². The van der Waals surface area contributed by atoms with E-state index in [4.69, 9.17) is 5.11 Å². The van der Waals surface area contributed by atoms with Crippen molar-refractivity contribution in [2.45, 2.75) is 18.7 Å². The normalized spacial score (nSPS) is 22.0. The number of benzene rings is 1. The molecule has 20 heavy (non-hydrogen) atoms. The van der Waals surface area contributed by atoms with Crippen LogP contribution in [-0.2, 0) is 9.59 Å². The van der Waals surface area contributed by atoms with Crippen molar-refractivity contribution in [3.05, 3.63) is 29.8 Å². The van der Waals surface area contributed by atoms with Crippen molar-refractivity contribution >= 4 is 23.6 Å². The molecule has 2 atom stereocenters. The summed E-state index contributed by atoms with van der Waals surface area (Å²) in [6.45, 7) is 4.79. The Morgan fingerprint density at radius 3 is 2.65 bits per heavy atom. The van der Waals surface area contributed by atoms with Gasteiger partial charge in [0.2, 0.25) is 5.91 Å². The summed E-state index contributed by atoms with van der Waals surface area (Å²) in [6.07, 6.45) is 0. The zero-order chi connectivity index (χ0) is 14.7. The van der Waals surface area contributed by atoms with E-state index in [-0.39, 0.29) is 11.8 Å². The first-order valence-corrected chi connectivity index (χ1v) is 7.66. The van der Waals surface area contributed by atoms with Gasteiger partial charge in [0.25, 0.3) is 0 Å². The molecule has 0 radical (unpaired) electrons. The number of nitrogens with zero attached hydrogens (tertiary/aromatic N) is 1. The lowest BCUT2D eigenvalue weighted by Crippen LogP contribution is -2.31. The number of carboxylic acids is 1. The second-order valence-electron chi connectivity index (χ2n) is 5.27. The molecule has 1 amide bonds. The molecule has 5 heteroatoms. The zero-order valence-electron chi connectivity index (χ0n) is 11.7. The van der Waals surface area contributed by atoms with Crippen LogP contribution in [0.4, 0.5) is 0 Å². The molecule has 0 bridgehead atoms. The minimum atomic E-state index is -0.806. The highest BCUT2D eigenvalue weighted by molar-refractivity contribution is 8.00. The molecule has 1 aliphatic heterocycles. The van der Waals surface area contributed by atoms with Crippen molar-refractivity contribution in [1.82, 2.24) is 4.90 Å². The van der Waals surface area contributed by atoms with E-state index in [1.54, 1.807) is 4.90 Å². The number of amides is 1. The van der Waals surface area contributed by atoms with E-state index in [0.717, 1.165) is 10.5 Å². The number of hydrogen-bond donors (Lipinski definition) is 1. The monoisotopic (exact) mass is 293 g/mol. The molecule has 1 aliphatic rings. The molecule has 1 aromatic carbocycles. The molecular formula is C15H19NO3S. The molecule has 0 aromatic heterocycles. The molecule has 1 aromatic rings. The van der Waals surface area contributed by atoms with Gasteiger partial charge in [-0.15, -0.1) is 11.8 Å². The maximum atomic E-state index is 12.2. The average molecular weight is 293 g/mol. The van der Waals surface area contributed by atoms with Crippen molar-refractivity contribution in [2.75, 3.05) is 18.8 Å². The van der Waals surface area contributed by atoms with Crippen LogP contribution >= 0.6 is 11.8 Å². The molecule has 1 heterocycles. The lowest BCUT2D eigenvalue weighted by atomic mass is 9.99. The summed E-state index contributed by atoms with van der Waals surface area (Å²) >= 11 is 1.51. The highest BCUT2D eigenvalue weighted by atomic mass is 32.2. The second kappa shape index (κ2) is 6.31. The summed E-state index contributed by atoms with van der Waals surface area (Å²) in [5.74, 6) is -0.820. The van der Waals surface area contributed by atoms with Crippen LogP contribution in [-0.4, -0.2) is 40.7 Å². The Morgan fingerprint density at radius 2 is 2.05 bits per heavy atom. The van der Waals surface area contributed by atoms with E-state index in [1.165, 1.54) is 11.8 Å². The van der Waals surface area contributed by atoms with Crippen molar-refractivity contribution in [1.29, 1.82) is 0 Å². The quantitative estimate of drug-likeness (QED) is 0.865. The summed E-state index contributed by atoms with van der Waals surface area (Å²) in [7, 11) is 0. The first kappa shape index (κ1) is 14.9. The maximum absolute atomic E-state index is 12.2. The third-order valence-corrected chi connectivity index (χ3v) is 4.89. The van der Waals surface area contributed by atoms with Gasteiger partial charge in [-0.25, -0.2) is 0 Å². The lowest BCUT2D eigenvalue weighted by molar-refractivity contribution is -0.142. The number of carbonyl (C=O) groups excluding carboxylic acids is 1. The van der Waals surface area contributed by atoms with E-state index in [0.29, 0.717) is 18.8 Å². The van der Waals surface area contributed by atoms with Crippen LogP contribution in [0.3, 0.4) is 0 Å². The van der Waals surface area contributed by atoms with Gasteiger partial charge in [-0.05, 0) is 24.5 Å². The van der Waals surface area contributed by atoms with Gasteiger partial charge in [0.05, 0.1) is 11.7 Å². The third kappa shape index (κ3) is 3.33. The van der Waals surface area contributed by atoms with Crippen molar-refractivity contribution in [3.63, 3.8) is 0 Å². The predicted octanol–water partition coefficient (Wildman–Crippen LogP) is 2.27. The highest BCUT2D eigenvalue weighted by Gasteiger charge is 2.36. The van der Waals surface area contributed by atoms with E-state index in [1.807, 2.05) is 38.1 Å². The van der Waals surface area contributed by atoms with Crippen LogP contribution in [0.25, 0.3) is 0 Å². The minimum Gasteiger partial charge on any atom is -0.481 e. The SMILES string of the molecule is Cc1ccccc1SCC(=O)N1CC(C)C(C(=O)O)C1. The predicted molar refractivity (Wildman–Crippen MR) is 78.8 cm³/mol. The van der Waals surface area contributed by atoms with Crippen molar-refractivity contribution in [3.8, 4) is 0 Å². The molecule has 4 nitrogen and oxygen atoms in total. The molecule has 2 unspecified atom stereocenters. The number of aryl methyl sites for hydroxylation is 1. The van der Waals surface area contributed by atoms with Crippen molar-refractivity contribution in [2.24, 2.45) is 11.8 Å². The summed E-state index contributed by atoms with van der Waals surface area (Å²) in [4.78, 5) is 26.0. The van der Waals surface area contributed by atoms with Gasteiger partial charge < -0.3 is 10.0 Å². The molecule has 0 saturated carbocycles. The van der Waals surface area contributed by atoms with Gasteiger partial charge in [-0.2, -0.15) is 0 Å². The first-order valence-electron chi connectivity index (χ1n) is 6.68. The smallest absolute Gasteiger partial charge is 0.308 e. The Labute approximate surface area is 123 Å². The summed E-state index contributed by atoms with van der Waals surface area (Å²) in [5, 5.41) is 9.08. The molecule has 1 fully saturated rings. The summed E-state index contributed by atoms with van der Waals surface area (Å²) in [6, 6.07) is 7.95. The highest BCUT2D eigenvalue weighted by Crippen LogP contribution is 2.26. The molecule has 1 saturated heterocycles. The van der Waals surface area contributed by atoms with Crippen molar-refractivity contribution < 1.29 is 14.7 Å². The molecule has 1 N–H and O–H groups in total. The van der Waals surface area contributed by atoms with Crippen LogP contribution in [0.15, 0.2) is 29.2 Å². The lowest BCUT2D eigenvalue weighted by Gasteiger charge is -2.16. The van der Waals surface area contributed by atoms with Gasteiger partial charge >= 0.3 is 5.97 Å². The van der Waals surface area contributed by atoms with Crippen LogP contribution < -0.4 is 0 Å². The number of thioether (sulfide) groups is 1. The van der Waals surface area contributed by atoms with Crippen LogP contribution in [0, 0.1) is 18.8 Å². The van der Waals surface area contributed by atoms with Gasteiger partial charge in [0.1, 0.15) is 0 Å². The van der Waals surface area contributed by atoms with Crippen LogP contribution in [0.2, 0.25) is 0 Å². The number of aliphatic carboxylic acids is 1. The number of carbonyl (C=O) groups is 2. The number of rotatable bonds is 4. The molecule has 108 valence electrons. The van der Waals surface area contributed by atoms with E-state index < -0.39 is 11.9 Å². The average Bonchev–Trinajstić information content (AvgIpc) is 2.80. The molecule has 2 rings (SSSR count). The number of hydrogen-bond acceptors (Lipinski definition) is 3. The third-order valence-electron chi connectivity index (χ3n) is 3.73. The van der Waals surface area contributed by atoms with Gasteiger partial charge in [-0.3, -0.25) is 9.59 Å². The van der Waals surface area contributed by atoms with Gasteiger partial charge in [-0.1, -0.05) is 25.1 Å². The van der Waals surface area contributed by atoms with Crippen LogP contribution in [0.1, 0.15) is 12.5 Å². The Morgan fingerprint density at radius 1 is 1.35 bits per heavy atom. The second-order valence-corrected chi connectivity index (χ2v) is 6.29. The van der Waals surface area contributed by atoms with Crippen LogP contribution in [0.5, 0.6) is 0 Å². The molecule has 0 spiro atoms. The fraction of sp³-hybridized carbons (Fsp3) is 0.467. The standard InChI is InChI=1S/C15H19NO3S/c1-10-5-3-4-6-13(10)20-9-14(17)16-7-11(2)12(8-16)15(18)19/h3-6,11-12H,7-9H2,1-2H3,(H,18,19). The molecule has 0 aliphatic carbocycles.